The third kappa shape index (κ3) is 7.42. The summed E-state index contributed by atoms with van der Waals surface area (Å²) in [5, 5.41) is 26.8. The minimum atomic E-state index is -4.67. The van der Waals surface area contributed by atoms with Gasteiger partial charge < -0.3 is 14.6 Å². The van der Waals surface area contributed by atoms with Gasteiger partial charge >= 0.3 is 16.3 Å². The van der Waals surface area contributed by atoms with Gasteiger partial charge in [-0.15, -0.1) is 0 Å². The fraction of sp³-hybridized carbons (Fsp3) is 0.370. The molecule has 0 bridgehead atoms. The zero-order valence-corrected chi connectivity index (χ0v) is 22.6. The van der Waals surface area contributed by atoms with Crippen LogP contribution in [0, 0.1) is 24.1 Å². The van der Waals surface area contributed by atoms with E-state index in [2.05, 4.69) is 10.4 Å². The summed E-state index contributed by atoms with van der Waals surface area (Å²) >= 11 is 0. The maximum absolute atomic E-state index is 14.4. The van der Waals surface area contributed by atoms with E-state index in [4.69, 9.17) is 4.18 Å². The molecule has 0 spiro atoms. The quantitative estimate of drug-likeness (QED) is 0.289. The molecule has 14 heteroatoms. The van der Waals surface area contributed by atoms with Crippen LogP contribution in [0.4, 0.5) is 17.6 Å². The molecule has 0 aliphatic heterocycles. The van der Waals surface area contributed by atoms with Crippen LogP contribution in [-0.2, 0) is 10.1 Å². The first kappa shape index (κ1) is 30.0. The van der Waals surface area contributed by atoms with Gasteiger partial charge in [-0.25, -0.2) is 9.07 Å². The summed E-state index contributed by atoms with van der Waals surface area (Å²) < 4.78 is 81.8. The molecule has 0 saturated heterocycles. The van der Waals surface area contributed by atoms with Gasteiger partial charge in [-0.05, 0) is 62.2 Å². The lowest BCUT2D eigenvalue weighted by molar-refractivity contribution is -0.130. The number of carbonyl (C=O) groups excluding carboxylic acids is 1. The van der Waals surface area contributed by atoms with Crippen LogP contribution in [-0.4, -0.2) is 53.3 Å². The Bertz CT molecular complexity index is 1580. The molecule has 1 heterocycles. The van der Waals surface area contributed by atoms with E-state index < -0.39 is 52.3 Å². The summed E-state index contributed by atoms with van der Waals surface area (Å²) in [6.07, 6.45) is -4.14. The molecule has 1 amide bonds. The monoisotopic (exact) mass is 594 g/mol. The summed E-state index contributed by atoms with van der Waals surface area (Å²) in [7, 11) is -4.53. The smallest absolute Gasteiger partial charge is 0.390 e. The zero-order valence-electron chi connectivity index (χ0n) is 21.8. The molecule has 218 valence electrons. The van der Waals surface area contributed by atoms with Crippen molar-refractivity contribution in [3.8, 4) is 28.8 Å². The number of nitriles is 1. The lowest BCUT2D eigenvalue weighted by atomic mass is 9.92. The molecule has 1 aromatic heterocycles. The molecule has 1 aliphatic rings. The van der Waals surface area contributed by atoms with Crippen molar-refractivity contribution in [1.82, 2.24) is 15.1 Å². The first-order valence-electron chi connectivity index (χ1n) is 12.7. The Kier molecular flexibility index (Phi) is 8.69. The lowest BCUT2D eigenvalue weighted by Gasteiger charge is -2.28. The second-order valence-corrected chi connectivity index (χ2v) is 11.4. The Morgan fingerprint density at radius 3 is 2.51 bits per heavy atom. The highest BCUT2D eigenvalue weighted by molar-refractivity contribution is 7.87. The molecule has 2 atom stereocenters. The Hall–Kier alpha value is -3.96. The number of benzene rings is 2. The van der Waals surface area contributed by atoms with Gasteiger partial charge in [0, 0.05) is 11.1 Å². The van der Waals surface area contributed by atoms with Gasteiger partial charge in [-0.1, -0.05) is 12.8 Å². The third-order valence-corrected chi connectivity index (χ3v) is 7.78. The number of alkyl halides is 3. The number of nitrogens with one attached hydrogen (secondary N) is 1. The topological polar surface area (TPSA) is 134 Å². The standard InChI is InChI=1S/C27H26F4N4O5S/c1-16-24(26(37)33-22-4-2-3-5-23(22)36)34-35(20-13-17(15-32)12-19(28)14-20)25(16)18-6-8-21(9-7-18)40-41(38,39)11-10-27(29,30)31/h6-9,12-14,22-23,36H,2-5,10-11H2,1H3,(H,33,37). The molecular formula is C27H26F4N4O5S. The number of hydrogen-bond donors (Lipinski definition) is 2. The molecule has 9 nitrogen and oxygen atoms in total. The van der Waals surface area contributed by atoms with Crippen LogP contribution in [0.1, 0.15) is 53.7 Å². The van der Waals surface area contributed by atoms with Crippen molar-refractivity contribution in [3.63, 3.8) is 0 Å². The minimum absolute atomic E-state index is 0.00300. The fourth-order valence-corrected chi connectivity index (χ4v) is 5.58. The van der Waals surface area contributed by atoms with Gasteiger partial charge in [-0.3, -0.25) is 4.79 Å². The van der Waals surface area contributed by atoms with Gasteiger partial charge in [0.05, 0.1) is 47.3 Å². The average molecular weight is 595 g/mol. The number of halogens is 4. The molecule has 1 aliphatic carbocycles. The number of nitrogens with zero attached hydrogens (tertiary/aromatic N) is 3. The maximum atomic E-state index is 14.4. The number of rotatable bonds is 8. The number of carbonyl (C=O) groups is 1. The Morgan fingerprint density at radius 2 is 1.88 bits per heavy atom. The molecule has 41 heavy (non-hydrogen) atoms. The van der Waals surface area contributed by atoms with Crippen molar-refractivity contribution >= 4 is 16.0 Å². The molecule has 0 radical (unpaired) electrons. The Labute approximate surface area is 233 Å². The van der Waals surface area contributed by atoms with Crippen molar-refractivity contribution in [2.75, 3.05) is 5.75 Å². The van der Waals surface area contributed by atoms with Crippen LogP contribution < -0.4 is 9.50 Å². The molecule has 2 unspecified atom stereocenters. The SMILES string of the molecule is Cc1c(C(=O)NC2CCCCC2O)nn(-c2cc(F)cc(C#N)c2)c1-c1ccc(OS(=O)(=O)CCC(F)(F)F)cc1. The molecular weight excluding hydrogens is 568 g/mol. The predicted octanol–water partition coefficient (Wildman–Crippen LogP) is 4.55. The first-order chi connectivity index (χ1) is 19.3. The van der Waals surface area contributed by atoms with E-state index in [0.29, 0.717) is 29.7 Å². The summed E-state index contributed by atoms with van der Waals surface area (Å²) in [6, 6.07) is 10.2. The van der Waals surface area contributed by atoms with Crippen LogP contribution in [0.25, 0.3) is 16.9 Å². The van der Waals surface area contributed by atoms with E-state index in [0.717, 1.165) is 25.0 Å². The Morgan fingerprint density at radius 1 is 1.20 bits per heavy atom. The van der Waals surface area contributed by atoms with Crippen LogP contribution in [0.15, 0.2) is 42.5 Å². The van der Waals surface area contributed by atoms with Crippen LogP contribution >= 0.6 is 0 Å². The number of hydrogen-bond acceptors (Lipinski definition) is 7. The van der Waals surface area contributed by atoms with Gasteiger partial charge in [0.2, 0.25) is 0 Å². The third-order valence-electron chi connectivity index (χ3n) is 6.63. The average Bonchev–Trinajstić information content (AvgIpc) is 3.25. The minimum Gasteiger partial charge on any atom is -0.391 e. The predicted molar refractivity (Wildman–Crippen MR) is 139 cm³/mol. The largest absolute Gasteiger partial charge is 0.391 e. The number of amides is 1. The van der Waals surface area contributed by atoms with E-state index in [1.165, 1.54) is 35.0 Å². The molecule has 3 aromatic rings. The summed E-state index contributed by atoms with van der Waals surface area (Å²) in [5.74, 6) is -2.77. The van der Waals surface area contributed by atoms with Gasteiger partial charge in [0.1, 0.15) is 11.6 Å². The normalized spacial score (nSPS) is 17.6. The maximum Gasteiger partial charge on any atom is 0.390 e. The first-order valence-corrected chi connectivity index (χ1v) is 14.2. The highest BCUT2D eigenvalue weighted by Gasteiger charge is 2.31. The van der Waals surface area contributed by atoms with Crippen molar-refractivity contribution in [1.29, 1.82) is 5.26 Å². The van der Waals surface area contributed by atoms with Crippen molar-refractivity contribution in [3.05, 3.63) is 65.1 Å². The molecule has 2 aromatic carbocycles. The van der Waals surface area contributed by atoms with E-state index in [9.17, 15) is 41.1 Å². The Balaban J connectivity index is 1.71. The van der Waals surface area contributed by atoms with E-state index in [-0.39, 0.29) is 22.7 Å². The molecule has 2 N–H and O–H groups in total. The van der Waals surface area contributed by atoms with Gasteiger partial charge in [0.25, 0.3) is 5.91 Å². The van der Waals surface area contributed by atoms with E-state index in [1.807, 2.05) is 6.07 Å². The number of aliphatic hydroxyl groups excluding tert-OH is 1. The molecule has 1 fully saturated rings. The lowest BCUT2D eigenvalue weighted by Crippen LogP contribution is -2.45. The summed E-state index contributed by atoms with van der Waals surface area (Å²) in [4.78, 5) is 13.2. The van der Waals surface area contributed by atoms with E-state index >= 15 is 0 Å². The summed E-state index contributed by atoms with van der Waals surface area (Å²) in [5.41, 5.74) is 1.17. The van der Waals surface area contributed by atoms with Crippen molar-refractivity contribution in [2.24, 2.45) is 0 Å². The second kappa shape index (κ2) is 11.9. The van der Waals surface area contributed by atoms with Crippen molar-refractivity contribution in [2.45, 2.75) is 57.3 Å². The summed E-state index contributed by atoms with van der Waals surface area (Å²) in [6.45, 7) is 1.60. The highest BCUT2D eigenvalue weighted by atomic mass is 32.2. The van der Waals surface area contributed by atoms with Crippen molar-refractivity contribution < 1.29 is 40.1 Å². The molecule has 4 rings (SSSR count). The fourth-order valence-electron chi connectivity index (χ4n) is 4.61. The number of aliphatic hydroxyl groups is 1. The van der Waals surface area contributed by atoms with Crippen LogP contribution in [0.3, 0.4) is 0 Å². The number of aromatic nitrogens is 2. The van der Waals surface area contributed by atoms with Crippen LogP contribution in [0.2, 0.25) is 0 Å². The van der Waals surface area contributed by atoms with Gasteiger partial charge in [-0.2, -0.15) is 31.9 Å². The van der Waals surface area contributed by atoms with Crippen LogP contribution in [0.5, 0.6) is 5.75 Å². The molecule has 1 saturated carbocycles. The zero-order chi connectivity index (χ0) is 29.9. The second-order valence-electron chi connectivity index (χ2n) is 9.71. The van der Waals surface area contributed by atoms with Gasteiger partial charge in [0.15, 0.2) is 5.69 Å². The highest BCUT2D eigenvalue weighted by Crippen LogP contribution is 2.32. The van der Waals surface area contributed by atoms with E-state index in [1.54, 1.807) is 6.92 Å².